The topological polar surface area (TPSA) is 75.7 Å². The molecule has 31 heavy (non-hydrogen) atoms. The first-order valence-electron chi connectivity index (χ1n) is 10.1. The number of rotatable bonds is 7. The zero-order valence-corrected chi connectivity index (χ0v) is 19.8. The Morgan fingerprint density at radius 2 is 1.87 bits per heavy atom. The van der Waals surface area contributed by atoms with Gasteiger partial charge in [-0.2, -0.15) is 0 Å². The number of methoxy groups -OCH3 is 1. The summed E-state index contributed by atoms with van der Waals surface area (Å²) < 4.78 is 32.4. The van der Waals surface area contributed by atoms with Gasteiger partial charge >= 0.3 is 0 Å². The molecule has 1 N–H and O–H groups in total. The SMILES string of the molecule is COc1ccccc1[C@H](C)NC(=O)C1CCN(S(=O)(=O)Cc2ccc(Cl)cc2Cl)CC1. The lowest BCUT2D eigenvalue weighted by Crippen LogP contribution is -2.43. The average molecular weight is 485 g/mol. The summed E-state index contributed by atoms with van der Waals surface area (Å²) in [7, 11) is -1.94. The molecule has 1 amide bonds. The van der Waals surface area contributed by atoms with Gasteiger partial charge in [-0.25, -0.2) is 12.7 Å². The standard InChI is InChI=1S/C22H26Cl2N2O4S/c1-15(19-5-3-4-6-21(19)30-2)25-22(27)16-9-11-26(12-10-16)31(28,29)14-17-7-8-18(23)13-20(17)24/h3-8,13,15-16H,9-12,14H2,1-2H3,(H,25,27)/t15-/m0/s1. The van der Waals surface area contributed by atoms with Crippen LogP contribution in [0.5, 0.6) is 5.75 Å². The summed E-state index contributed by atoms with van der Waals surface area (Å²) in [4.78, 5) is 12.8. The number of nitrogens with one attached hydrogen (secondary N) is 1. The monoisotopic (exact) mass is 484 g/mol. The van der Waals surface area contributed by atoms with Crippen LogP contribution in [0.1, 0.15) is 36.9 Å². The van der Waals surface area contributed by atoms with E-state index in [1.54, 1.807) is 19.2 Å². The predicted molar refractivity (Wildman–Crippen MR) is 123 cm³/mol. The molecule has 2 aromatic carbocycles. The van der Waals surface area contributed by atoms with E-state index >= 15 is 0 Å². The van der Waals surface area contributed by atoms with E-state index in [1.165, 1.54) is 10.4 Å². The number of hydrogen-bond acceptors (Lipinski definition) is 4. The zero-order chi connectivity index (χ0) is 22.6. The van der Waals surface area contributed by atoms with Crippen LogP contribution in [-0.2, 0) is 20.6 Å². The van der Waals surface area contributed by atoms with Crippen molar-refractivity contribution in [3.63, 3.8) is 0 Å². The molecule has 1 saturated heterocycles. The normalized spacial score (nSPS) is 16.6. The third-order valence-corrected chi connectivity index (χ3v) is 7.95. The molecule has 1 atom stereocenters. The van der Waals surface area contributed by atoms with Crippen molar-refractivity contribution in [2.45, 2.75) is 31.6 Å². The number of para-hydroxylation sites is 1. The summed E-state index contributed by atoms with van der Waals surface area (Å²) in [6.07, 6.45) is 0.941. The number of benzene rings is 2. The maximum atomic E-state index is 12.8. The van der Waals surface area contributed by atoms with Crippen LogP contribution in [0, 0.1) is 5.92 Å². The quantitative estimate of drug-likeness (QED) is 0.630. The second kappa shape index (κ2) is 10.2. The Morgan fingerprint density at radius 1 is 1.19 bits per heavy atom. The van der Waals surface area contributed by atoms with Gasteiger partial charge in [0.2, 0.25) is 15.9 Å². The Morgan fingerprint density at radius 3 is 2.52 bits per heavy atom. The van der Waals surface area contributed by atoms with Crippen LogP contribution in [0.4, 0.5) is 0 Å². The molecule has 9 heteroatoms. The van der Waals surface area contributed by atoms with Gasteiger partial charge in [-0.15, -0.1) is 0 Å². The molecule has 0 aromatic heterocycles. The molecule has 0 saturated carbocycles. The van der Waals surface area contributed by atoms with Crippen molar-refractivity contribution < 1.29 is 17.9 Å². The largest absolute Gasteiger partial charge is 0.496 e. The Bertz CT molecular complexity index is 1040. The second-order valence-electron chi connectivity index (χ2n) is 7.64. The first-order chi connectivity index (χ1) is 14.7. The van der Waals surface area contributed by atoms with Crippen molar-refractivity contribution in [3.05, 3.63) is 63.6 Å². The third kappa shape index (κ3) is 5.92. The number of piperidine rings is 1. The number of nitrogens with zero attached hydrogens (tertiary/aromatic N) is 1. The first-order valence-corrected chi connectivity index (χ1v) is 12.4. The Balaban J connectivity index is 1.57. The number of hydrogen-bond donors (Lipinski definition) is 1. The molecule has 0 unspecified atom stereocenters. The van der Waals surface area contributed by atoms with Crippen LogP contribution in [-0.4, -0.2) is 38.8 Å². The van der Waals surface area contributed by atoms with Gasteiger partial charge in [-0.1, -0.05) is 47.5 Å². The summed E-state index contributed by atoms with van der Waals surface area (Å²) in [6.45, 7) is 2.51. The molecule has 1 aliphatic heterocycles. The maximum Gasteiger partial charge on any atom is 0.223 e. The number of carbonyl (C=O) groups excluding carboxylic acids is 1. The molecule has 6 nitrogen and oxygen atoms in total. The summed E-state index contributed by atoms with van der Waals surface area (Å²) in [5.74, 6) is 0.223. The lowest BCUT2D eigenvalue weighted by atomic mass is 9.96. The minimum absolute atomic E-state index is 0.0730. The summed E-state index contributed by atoms with van der Waals surface area (Å²) in [5.41, 5.74) is 1.41. The minimum atomic E-state index is -3.54. The summed E-state index contributed by atoms with van der Waals surface area (Å²) in [6, 6.07) is 12.1. The van der Waals surface area contributed by atoms with Gasteiger partial charge in [0.1, 0.15) is 5.75 Å². The lowest BCUT2D eigenvalue weighted by Gasteiger charge is -2.31. The molecule has 3 rings (SSSR count). The Labute approximate surface area is 193 Å². The van der Waals surface area contributed by atoms with Crippen LogP contribution in [0.15, 0.2) is 42.5 Å². The lowest BCUT2D eigenvalue weighted by molar-refractivity contribution is -0.126. The van der Waals surface area contributed by atoms with Crippen LogP contribution in [0.3, 0.4) is 0 Å². The van der Waals surface area contributed by atoms with E-state index in [9.17, 15) is 13.2 Å². The molecule has 0 aliphatic carbocycles. The van der Waals surface area contributed by atoms with Gasteiger partial charge in [0.15, 0.2) is 0 Å². The van der Waals surface area contributed by atoms with Crippen molar-refractivity contribution in [2.75, 3.05) is 20.2 Å². The highest BCUT2D eigenvalue weighted by atomic mass is 35.5. The molecule has 2 aromatic rings. The van der Waals surface area contributed by atoms with Crippen molar-refractivity contribution in [1.82, 2.24) is 9.62 Å². The molecule has 1 fully saturated rings. The van der Waals surface area contributed by atoms with Gasteiger partial charge in [-0.3, -0.25) is 4.79 Å². The molecule has 168 valence electrons. The van der Waals surface area contributed by atoms with Crippen molar-refractivity contribution >= 4 is 39.1 Å². The van der Waals surface area contributed by atoms with E-state index in [0.29, 0.717) is 41.5 Å². The highest BCUT2D eigenvalue weighted by Crippen LogP contribution is 2.28. The Kier molecular flexibility index (Phi) is 7.86. The number of carbonyl (C=O) groups is 1. The molecule has 0 bridgehead atoms. The molecule has 0 spiro atoms. The maximum absolute atomic E-state index is 12.8. The van der Waals surface area contributed by atoms with Gasteiger partial charge in [-0.05, 0) is 43.5 Å². The first kappa shape index (κ1) is 23.9. The van der Waals surface area contributed by atoms with Gasteiger partial charge in [0.25, 0.3) is 0 Å². The molecular weight excluding hydrogens is 459 g/mol. The van der Waals surface area contributed by atoms with E-state index in [2.05, 4.69) is 5.32 Å². The molecule has 0 radical (unpaired) electrons. The van der Waals surface area contributed by atoms with Gasteiger partial charge < -0.3 is 10.1 Å². The fraction of sp³-hybridized carbons (Fsp3) is 0.409. The van der Waals surface area contributed by atoms with Crippen molar-refractivity contribution in [2.24, 2.45) is 5.92 Å². The molecular formula is C22H26Cl2N2O4S. The number of halogens is 2. The highest BCUT2D eigenvalue weighted by molar-refractivity contribution is 7.88. The fourth-order valence-electron chi connectivity index (χ4n) is 3.76. The van der Waals surface area contributed by atoms with Crippen LogP contribution in [0.2, 0.25) is 10.0 Å². The van der Waals surface area contributed by atoms with E-state index in [0.717, 1.165) is 11.3 Å². The summed E-state index contributed by atoms with van der Waals surface area (Å²) in [5, 5.41) is 3.82. The third-order valence-electron chi connectivity index (χ3n) is 5.54. The van der Waals surface area contributed by atoms with Crippen LogP contribution in [0.25, 0.3) is 0 Å². The molecule has 1 heterocycles. The van der Waals surface area contributed by atoms with Crippen molar-refractivity contribution in [3.8, 4) is 5.75 Å². The van der Waals surface area contributed by atoms with E-state index in [-0.39, 0.29) is 23.6 Å². The second-order valence-corrected chi connectivity index (χ2v) is 10.5. The Hall–Kier alpha value is -1.80. The summed E-state index contributed by atoms with van der Waals surface area (Å²) >= 11 is 12.0. The van der Waals surface area contributed by atoms with Crippen molar-refractivity contribution in [1.29, 1.82) is 0 Å². The van der Waals surface area contributed by atoms with E-state index in [4.69, 9.17) is 27.9 Å². The highest BCUT2D eigenvalue weighted by Gasteiger charge is 2.32. The number of amides is 1. The smallest absolute Gasteiger partial charge is 0.223 e. The van der Waals surface area contributed by atoms with E-state index in [1.807, 2.05) is 31.2 Å². The zero-order valence-electron chi connectivity index (χ0n) is 17.5. The minimum Gasteiger partial charge on any atom is -0.496 e. The molecule has 1 aliphatic rings. The predicted octanol–water partition coefficient (Wildman–Crippen LogP) is 4.42. The van der Waals surface area contributed by atoms with Gasteiger partial charge in [0, 0.05) is 34.6 Å². The van der Waals surface area contributed by atoms with Crippen LogP contribution >= 0.6 is 23.2 Å². The van der Waals surface area contributed by atoms with Gasteiger partial charge in [0.05, 0.1) is 18.9 Å². The fourth-order valence-corrected chi connectivity index (χ4v) is 5.90. The average Bonchev–Trinajstić information content (AvgIpc) is 2.75. The number of ether oxygens (including phenoxy) is 1. The van der Waals surface area contributed by atoms with Crippen LogP contribution < -0.4 is 10.1 Å². The van der Waals surface area contributed by atoms with E-state index < -0.39 is 10.0 Å². The number of sulfonamides is 1.